The predicted molar refractivity (Wildman–Crippen MR) is 58.2 cm³/mol. The van der Waals surface area contributed by atoms with Crippen LogP contribution in [0.1, 0.15) is 13.8 Å². The zero-order chi connectivity index (χ0) is 13.9. The Kier molecular flexibility index (Phi) is 4.89. The number of pyridine rings is 1. The van der Waals surface area contributed by atoms with Crippen LogP contribution in [0.15, 0.2) is 0 Å². The quantitative estimate of drug-likeness (QED) is 0.657. The summed E-state index contributed by atoms with van der Waals surface area (Å²) in [6.07, 6.45) is 0. The van der Waals surface area contributed by atoms with Gasteiger partial charge in [0.05, 0.1) is 12.6 Å². The minimum Gasteiger partial charge on any atom is -0.383 e. The molecule has 0 spiro atoms. The Balaban J connectivity index is 3.09. The normalized spacial score (nSPS) is 12.9. The van der Waals surface area contributed by atoms with Crippen LogP contribution in [0.4, 0.5) is 23.2 Å². The topological polar surface area (TPSA) is 34.1 Å². The van der Waals surface area contributed by atoms with Crippen LogP contribution in [0.5, 0.6) is 0 Å². The molecule has 18 heavy (non-hydrogen) atoms. The largest absolute Gasteiger partial charge is 0.383 e. The molecule has 1 rings (SSSR count). The summed E-state index contributed by atoms with van der Waals surface area (Å²) >= 11 is 0. The van der Waals surface area contributed by atoms with E-state index < -0.39 is 35.3 Å². The van der Waals surface area contributed by atoms with Gasteiger partial charge in [-0.25, -0.2) is 0 Å². The maximum absolute atomic E-state index is 13.4. The first-order valence-electron chi connectivity index (χ1n) is 5.34. The van der Waals surface area contributed by atoms with Crippen LogP contribution >= 0.6 is 0 Å². The molecule has 7 heteroatoms. The lowest BCUT2D eigenvalue weighted by Gasteiger charge is -2.23. The third-order valence-electron chi connectivity index (χ3n) is 2.48. The molecule has 0 fully saturated rings. The van der Waals surface area contributed by atoms with Crippen molar-refractivity contribution in [2.24, 2.45) is 5.92 Å². The molecule has 1 aromatic heterocycles. The summed E-state index contributed by atoms with van der Waals surface area (Å²) < 4.78 is 57.4. The average Bonchev–Trinajstić information content (AvgIpc) is 2.30. The zero-order valence-corrected chi connectivity index (χ0v) is 10.2. The van der Waals surface area contributed by atoms with Crippen LogP contribution in [-0.4, -0.2) is 24.7 Å². The summed E-state index contributed by atoms with van der Waals surface area (Å²) in [5.41, 5.74) is -0.865. The zero-order valence-electron chi connectivity index (χ0n) is 10.2. The van der Waals surface area contributed by atoms with E-state index in [9.17, 15) is 17.6 Å². The lowest BCUT2D eigenvalue weighted by Crippen LogP contribution is -2.31. The number of nitrogens with one attached hydrogen (secondary N) is 1. The Morgan fingerprint density at radius 1 is 1.11 bits per heavy atom. The summed E-state index contributed by atoms with van der Waals surface area (Å²) in [6, 6.07) is -0.486. The average molecular weight is 266 g/mol. The molecule has 0 amide bonds. The molecule has 0 saturated carbocycles. The Morgan fingerprint density at radius 3 is 2.00 bits per heavy atom. The summed E-state index contributed by atoms with van der Waals surface area (Å²) in [7, 11) is 1.41. The van der Waals surface area contributed by atoms with E-state index in [1.54, 1.807) is 13.8 Å². The molecule has 1 aromatic rings. The molecule has 0 bridgehead atoms. The first kappa shape index (κ1) is 14.7. The van der Waals surface area contributed by atoms with Gasteiger partial charge in [0.25, 0.3) is 11.9 Å². The maximum atomic E-state index is 13.4. The Bertz CT molecular complexity index is 400. The van der Waals surface area contributed by atoms with E-state index in [1.807, 2.05) is 0 Å². The van der Waals surface area contributed by atoms with Crippen LogP contribution in [0.2, 0.25) is 0 Å². The highest BCUT2D eigenvalue weighted by Gasteiger charge is 2.24. The number of anilines is 1. The van der Waals surface area contributed by atoms with Crippen molar-refractivity contribution in [3.05, 3.63) is 23.5 Å². The van der Waals surface area contributed by atoms with Crippen molar-refractivity contribution in [2.75, 3.05) is 19.0 Å². The van der Waals surface area contributed by atoms with E-state index in [0.717, 1.165) is 0 Å². The van der Waals surface area contributed by atoms with Gasteiger partial charge in [-0.05, 0) is 5.92 Å². The third kappa shape index (κ3) is 3.10. The minimum absolute atomic E-state index is 0.0527. The number of rotatable bonds is 5. The van der Waals surface area contributed by atoms with Gasteiger partial charge in [-0.1, -0.05) is 13.8 Å². The molecular weight excluding hydrogens is 252 g/mol. The van der Waals surface area contributed by atoms with Crippen molar-refractivity contribution < 1.29 is 22.3 Å². The number of methoxy groups -OCH3 is 1. The monoisotopic (exact) mass is 266 g/mol. The van der Waals surface area contributed by atoms with Gasteiger partial charge >= 0.3 is 0 Å². The first-order valence-corrected chi connectivity index (χ1v) is 5.34. The van der Waals surface area contributed by atoms with Crippen LogP contribution in [0.3, 0.4) is 0 Å². The first-order chi connectivity index (χ1) is 8.38. The molecule has 1 atom stereocenters. The molecule has 0 saturated heterocycles. The van der Waals surface area contributed by atoms with Gasteiger partial charge in [-0.15, -0.1) is 0 Å². The lowest BCUT2D eigenvalue weighted by atomic mass is 10.1. The fourth-order valence-electron chi connectivity index (χ4n) is 1.38. The number of hydrogen-bond acceptors (Lipinski definition) is 3. The van der Waals surface area contributed by atoms with Gasteiger partial charge in [-0.3, -0.25) is 0 Å². The summed E-state index contributed by atoms with van der Waals surface area (Å²) in [6.45, 7) is 3.70. The predicted octanol–water partition coefficient (Wildman–Crippen LogP) is 2.72. The number of ether oxygens (including phenoxy) is 1. The minimum atomic E-state index is -1.68. The van der Waals surface area contributed by atoms with E-state index in [0.29, 0.717) is 0 Å². The summed E-state index contributed by atoms with van der Waals surface area (Å²) in [5, 5.41) is 2.40. The van der Waals surface area contributed by atoms with Gasteiger partial charge in [0.2, 0.25) is 11.6 Å². The molecular formula is C11H14F4N2O. The standard InChI is InChI=1S/C11H14F4N2O/c1-5(2)6(4-18-3)16-9-7(12)10(14)17-11(15)8(9)13/h5-6H,4H2,1-3H3,(H,16,17). The fraction of sp³-hybridized carbons (Fsp3) is 0.545. The van der Waals surface area contributed by atoms with Crippen LogP contribution in [0, 0.1) is 29.4 Å². The Labute approximate surface area is 102 Å². The maximum Gasteiger partial charge on any atom is 0.253 e. The van der Waals surface area contributed by atoms with Gasteiger partial charge in [0.15, 0.2) is 0 Å². The molecule has 1 heterocycles. The van der Waals surface area contributed by atoms with Crippen molar-refractivity contribution >= 4 is 5.69 Å². The van der Waals surface area contributed by atoms with Gasteiger partial charge < -0.3 is 10.1 Å². The van der Waals surface area contributed by atoms with E-state index >= 15 is 0 Å². The molecule has 0 aliphatic heterocycles. The molecule has 0 aliphatic carbocycles. The fourth-order valence-corrected chi connectivity index (χ4v) is 1.38. The van der Waals surface area contributed by atoms with Crippen molar-refractivity contribution in [1.82, 2.24) is 4.98 Å². The molecule has 0 aliphatic rings. The van der Waals surface area contributed by atoms with Crippen molar-refractivity contribution in [3.63, 3.8) is 0 Å². The van der Waals surface area contributed by atoms with Gasteiger partial charge in [-0.2, -0.15) is 22.5 Å². The number of hydrogen-bond donors (Lipinski definition) is 1. The molecule has 0 aromatic carbocycles. The summed E-state index contributed by atoms with van der Waals surface area (Å²) in [4.78, 5) is 2.48. The highest BCUT2D eigenvalue weighted by atomic mass is 19.2. The number of nitrogens with zero attached hydrogens (tertiary/aromatic N) is 1. The van der Waals surface area contributed by atoms with Gasteiger partial charge in [0, 0.05) is 7.11 Å². The number of halogens is 4. The van der Waals surface area contributed by atoms with Crippen LogP contribution < -0.4 is 5.32 Å². The van der Waals surface area contributed by atoms with Crippen LogP contribution in [0.25, 0.3) is 0 Å². The Hall–Kier alpha value is -1.37. The van der Waals surface area contributed by atoms with Crippen LogP contribution in [-0.2, 0) is 4.74 Å². The lowest BCUT2D eigenvalue weighted by molar-refractivity contribution is 0.170. The second kappa shape index (κ2) is 5.99. The Morgan fingerprint density at radius 2 is 1.61 bits per heavy atom. The molecule has 1 N–H and O–H groups in total. The van der Waals surface area contributed by atoms with Crippen molar-refractivity contribution in [2.45, 2.75) is 19.9 Å². The van der Waals surface area contributed by atoms with E-state index in [4.69, 9.17) is 4.74 Å². The second-order valence-electron chi connectivity index (χ2n) is 4.15. The SMILES string of the molecule is COCC(Nc1c(F)c(F)nc(F)c1F)C(C)C. The highest BCUT2D eigenvalue weighted by Crippen LogP contribution is 2.24. The van der Waals surface area contributed by atoms with Crippen molar-refractivity contribution in [1.29, 1.82) is 0 Å². The molecule has 102 valence electrons. The smallest absolute Gasteiger partial charge is 0.253 e. The molecule has 3 nitrogen and oxygen atoms in total. The van der Waals surface area contributed by atoms with Crippen molar-refractivity contribution in [3.8, 4) is 0 Å². The number of aromatic nitrogens is 1. The van der Waals surface area contributed by atoms with E-state index in [1.165, 1.54) is 7.11 Å². The molecule has 1 unspecified atom stereocenters. The highest BCUT2D eigenvalue weighted by molar-refractivity contribution is 5.46. The third-order valence-corrected chi connectivity index (χ3v) is 2.48. The summed E-state index contributed by atoms with van der Waals surface area (Å²) in [5.74, 6) is -6.51. The van der Waals surface area contributed by atoms with E-state index in [2.05, 4.69) is 10.3 Å². The van der Waals surface area contributed by atoms with Gasteiger partial charge in [0.1, 0.15) is 5.69 Å². The van der Waals surface area contributed by atoms with E-state index in [-0.39, 0.29) is 12.5 Å². The second-order valence-corrected chi connectivity index (χ2v) is 4.15. The molecule has 0 radical (unpaired) electrons.